The minimum absolute atomic E-state index is 0.213. The molecule has 126 valence electrons. The average molecular weight is 346 g/mol. The highest BCUT2D eigenvalue weighted by molar-refractivity contribution is 8.15. The molecule has 1 aromatic rings. The summed E-state index contributed by atoms with van der Waals surface area (Å²) in [5.74, 6) is -0.870. The van der Waals surface area contributed by atoms with Crippen LogP contribution in [0.5, 0.6) is 0 Å². The quantitative estimate of drug-likeness (QED) is 0.882. The van der Waals surface area contributed by atoms with Crippen LogP contribution in [0.1, 0.15) is 32.8 Å². The number of amides is 3. The maximum Gasteiger partial charge on any atom is 0.270 e. The van der Waals surface area contributed by atoms with Gasteiger partial charge in [-0.25, -0.2) is 0 Å². The highest BCUT2D eigenvalue weighted by Crippen LogP contribution is 2.54. The lowest BCUT2D eigenvalue weighted by molar-refractivity contribution is -0.139. The lowest BCUT2D eigenvalue weighted by Gasteiger charge is -2.29. The van der Waals surface area contributed by atoms with E-state index in [0.29, 0.717) is 12.1 Å². The van der Waals surface area contributed by atoms with Crippen LogP contribution in [0, 0.1) is 0 Å². The zero-order chi connectivity index (χ0) is 17.5. The molecule has 24 heavy (non-hydrogen) atoms. The summed E-state index contributed by atoms with van der Waals surface area (Å²) in [6, 6.07) is 7.39. The van der Waals surface area contributed by atoms with E-state index in [0.717, 1.165) is 23.9 Å². The third-order valence-corrected chi connectivity index (χ3v) is 5.10. The summed E-state index contributed by atoms with van der Waals surface area (Å²) >= 11 is 1.10. The number of carbonyl (C=O) groups excluding carboxylic acids is 3. The van der Waals surface area contributed by atoms with E-state index in [-0.39, 0.29) is 22.9 Å². The number of hydrogen-bond donors (Lipinski definition) is 1. The molecule has 0 bridgehead atoms. The molecule has 0 aromatic heterocycles. The summed E-state index contributed by atoms with van der Waals surface area (Å²) in [7, 11) is 0. The number of nitrogens with one attached hydrogen (secondary N) is 1. The Balaban J connectivity index is 2.13. The van der Waals surface area contributed by atoms with Crippen LogP contribution < -0.4 is 10.2 Å². The van der Waals surface area contributed by atoms with Gasteiger partial charge in [-0.3, -0.25) is 14.4 Å². The third kappa shape index (κ3) is 2.29. The van der Waals surface area contributed by atoms with Gasteiger partial charge >= 0.3 is 0 Å². The Hall–Kier alpha value is -2.35. The van der Waals surface area contributed by atoms with Crippen molar-refractivity contribution in [2.45, 2.75) is 32.1 Å². The minimum Gasteiger partial charge on any atom is -0.309 e. The molecule has 3 amide bonds. The number of hydrogen-bond acceptors (Lipinski definition) is 5. The molecule has 0 saturated carbocycles. The fraction of sp³-hybridized carbons (Fsp3) is 0.375. The Morgan fingerprint density at radius 1 is 1.29 bits per heavy atom. The molecule has 1 unspecified atom stereocenters. The Bertz CT molecular complexity index is 763. The molecule has 1 atom stereocenters. The first-order valence-corrected chi connectivity index (χ1v) is 8.51. The van der Waals surface area contributed by atoms with Crippen molar-refractivity contribution in [3.8, 4) is 0 Å². The number of carbonyl (C=O) groups is 3. The zero-order valence-corrected chi connectivity index (χ0v) is 14.5. The van der Waals surface area contributed by atoms with Crippen molar-refractivity contribution in [3.63, 3.8) is 0 Å². The number of benzene rings is 1. The number of anilines is 1. The second-order valence-electron chi connectivity index (χ2n) is 5.64. The van der Waals surface area contributed by atoms with Crippen molar-refractivity contribution in [1.29, 1.82) is 0 Å². The largest absolute Gasteiger partial charge is 0.309 e. The second-order valence-corrected chi connectivity index (χ2v) is 6.82. The summed E-state index contributed by atoms with van der Waals surface area (Å²) in [6.07, 6.45) is 0.792. The Morgan fingerprint density at radius 2 is 2.00 bits per heavy atom. The summed E-state index contributed by atoms with van der Waals surface area (Å²) in [6.45, 7) is 5.27. The highest BCUT2D eigenvalue weighted by Gasteiger charge is 2.60. The van der Waals surface area contributed by atoms with Crippen LogP contribution in [0.2, 0.25) is 0 Å². The van der Waals surface area contributed by atoms with Gasteiger partial charge in [-0.15, -0.1) is 5.10 Å². The lowest BCUT2D eigenvalue weighted by atomic mass is 10.1. The molecule has 0 radical (unpaired) electrons. The molecule has 2 aliphatic heterocycles. The fourth-order valence-corrected chi connectivity index (χ4v) is 4.34. The zero-order valence-electron chi connectivity index (χ0n) is 13.7. The van der Waals surface area contributed by atoms with E-state index in [9.17, 15) is 14.4 Å². The van der Waals surface area contributed by atoms with E-state index in [4.69, 9.17) is 0 Å². The molecule has 2 heterocycles. The third-order valence-electron chi connectivity index (χ3n) is 3.86. The first kappa shape index (κ1) is 16.5. The number of para-hydroxylation sites is 1. The Morgan fingerprint density at radius 3 is 2.62 bits per heavy atom. The monoisotopic (exact) mass is 346 g/mol. The van der Waals surface area contributed by atoms with Gasteiger partial charge in [0, 0.05) is 26.0 Å². The van der Waals surface area contributed by atoms with Gasteiger partial charge in [0.15, 0.2) is 5.17 Å². The van der Waals surface area contributed by atoms with Crippen molar-refractivity contribution in [2.24, 2.45) is 5.10 Å². The smallest absolute Gasteiger partial charge is 0.270 e. The van der Waals surface area contributed by atoms with E-state index in [2.05, 4.69) is 10.4 Å². The normalized spacial score (nSPS) is 22.0. The van der Waals surface area contributed by atoms with Crippen molar-refractivity contribution < 1.29 is 14.4 Å². The number of amidine groups is 1. The molecule has 2 aliphatic rings. The summed E-state index contributed by atoms with van der Waals surface area (Å²) in [5, 5.41) is 8.21. The predicted molar refractivity (Wildman–Crippen MR) is 92.1 cm³/mol. The van der Waals surface area contributed by atoms with Crippen LogP contribution in [0.25, 0.3) is 0 Å². The number of hydrazone groups is 1. The molecule has 8 heteroatoms. The molecule has 0 saturated heterocycles. The molecular formula is C16H18N4O3S. The summed E-state index contributed by atoms with van der Waals surface area (Å²) in [4.78, 5) is 37.2. The molecule has 1 aromatic carbocycles. The van der Waals surface area contributed by atoms with Gasteiger partial charge in [-0.05, 0) is 24.2 Å². The van der Waals surface area contributed by atoms with Crippen LogP contribution in [-0.4, -0.2) is 34.4 Å². The topological polar surface area (TPSA) is 82.1 Å². The van der Waals surface area contributed by atoms with Crippen molar-refractivity contribution in [2.75, 3.05) is 11.4 Å². The van der Waals surface area contributed by atoms with E-state index in [1.807, 2.05) is 31.2 Å². The van der Waals surface area contributed by atoms with Gasteiger partial charge in [0.25, 0.3) is 5.91 Å². The fourth-order valence-electron chi connectivity index (χ4n) is 3.01. The van der Waals surface area contributed by atoms with Gasteiger partial charge in [0.05, 0.1) is 5.69 Å². The van der Waals surface area contributed by atoms with Gasteiger partial charge in [0.1, 0.15) is 0 Å². The van der Waals surface area contributed by atoms with Crippen LogP contribution in [0.3, 0.4) is 0 Å². The number of rotatable bonds is 2. The standard InChI is InChI=1S/C16H18N4O3S/c1-4-9-19-13-8-6-5-7-12(13)16(14(19)23)20(11(3)22)18-15(24-16)17-10(2)21/h5-8H,4,9H2,1-3H3,(H,17,18,21). The number of nitrogens with zero attached hydrogens (tertiary/aromatic N) is 3. The van der Waals surface area contributed by atoms with Gasteiger partial charge in [-0.2, -0.15) is 5.01 Å². The second kappa shape index (κ2) is 5.94. The lowest BCUT2D eigenvalue weighted by Crippen LogP contribution is -2.48. The van der Waals surface area contributed by atoms with E-state index < -0.39 is 4.87 Å². The minimum atomic E-state index is -1.28. The molecule has 0 aliphatic carbocycles. The van der Waals surface area contributed by atoms with Gasteiger partial charge < -0.3 is 10.2 Å². The van der Waals surface area contributed by atoms with Gasteiger partial charge in [0.2, 0.25) is 16.7 Å². The van der Waals surface area contributed by atoms with Crippen molar-refractivity contribution in [3.05, 3.63) is 29.8 Å². The average Bonchev–Trinajstić information content (AvgIpc) is 3.01. The number of thioether (sulfide) groups is 1. The van der Waals surface area contributed by atoms with E-state index >= 15 is 0 Å². The van der Waals surface area contributed by atoms with Crippen molar-refractivity contribution in [1.82, 2.24) is 10.3 Å². The summed E-state index contributed by atoms with van der Waals surface area (Å²) < 4.78 is 0. The predicted octanol–water partition coefficient (Wildman–Crippen LogP) is 1.60. The maximum absolute atomic E-state index is 13.2. The van der Waals surface area contributed by atoms with Gasteiger partial charge in [-0.1, -0.05) is 25.1 Å². The first-order valence-electron chi connectivity index (χ1n) is 7.69. The first-order chi connectivity index (χ1) is 11.4. The molecule has 3 rings (SSSR count). The highest BCUT2D eigenvalue weighted by atomic mass is 32.2. The van der Waals surface area contributed by atoms with Crippen LogP contribution in [-0.2, 0) is 19.3 Å². The van der Waals surface area contributed by atoms with Crippen LogP contribution >= 0.6 is 11.8 Å². The van der Waals surface area contributed by atoms with E-state index in [1.165, 1.54) is 18.9 Å². The Labute approximate surface area is 144 Å². The molecule has 1 spiro atoms. The molecule has 7 nitrogen and oxygen atoms in total. The van der Waals surface area contributed by atoms with Crippen molar-refractivity contribution >= 4 is 40.3 Å². The van der Waals surface area contributed by atoms with E-state index in [1.54, 1.807) is 4.90 Å². The molecule has 1 N–H and O–H groups in total. The maximum atomic E-state index is 13.2. The summed E-state index contributed by atoms with van der Waals surface area (Å²) in [5.41, 5.74) is 1.50. The number of fused-ring (bicyclic) bond motifs is 2. The molecular weight excluding hydrogens is 328 g/mol. The molecule has 0 fully saturated rings. The SMILES string of the molecule is CCCN1C(=O)C2(SC(NC(C)=O)=NN2C(C)=O)c2ccccc21. The van der Waals surface area contributed by atoms with Crippen LogP contribution in [0.4, 0.5) is 5.69 Å². The Kier molecular flexibility index (Phi) is 4.08. The van der Waals surface area contributed by atoms with Crippen LogP contribution in [0.15, 0.2) is 29.4 Å².